The Morgan fingerprint density at radius 3 is 1.58 bits per heavy atom. The number of carbonyl (C=O) groups excluding carboxylic acids is 3. The van der Waals surface area contributed by atoms with E-state index in [9.17, 15) is 45.0 Å². The summed E-state index contributed by atoms with van der Waals surface area (Å²) in [7, 11) is 1.96. The first kappa shape index (κ1) is 51.7. The number of quaternary nitrogens is 2. The van der Waals surface area contributed by atoms with Crippen molar-refractivity contribution in [1.29, 1.82) is 0 Å². The molecule has 7 aromatic rings. The van der Waals surface area contributed by atoms with Crippen molar-refractivity contribution in [3.05, 3.63) is 234 Å². The Bertz CT molecular complexity index is 3480. The van der Waals surface area contributed by atoms with Gasteiger partial charge in [0.2, 0.25) is 29.6 Å². The number of aromatic hydroxyl groups is 1. The summed E-state index contributed by atoms with van der Waals surface area (Å²) in [5.74, 6) is 3.49. The second-order valence-corrected chi connectivity index (χ2v) is 19.4. The molecule has 394 valence electrons. The van der Waals surface area contributed by atoms with Crippen LogP contribution in [0, 0.1) is 0 Å². The number of pyridine rings is 1. The highest BCUT2D eigenvalue weighted by molar-refractivity contribution is 6.07. The molecule has 7 unspecified atom stereocenters. The number of ketones is 3. The van der Waals surface area contributed by atoms with Gasteiger partial charge in [-0.1, -0.05) is 0 Å². The number of aliphatic hydroxyl groups is 5. The quantitative estimate of drug-likeness (QED) is 0.0504. The number of carbonyl (C=O) groups is 3. The first-order valence-electron chi connectivity index (χ1n) is 24.8. The number of likely N-dealkylation sites (N-methyl/N-ethyl adjacent to an activating group) is 1. The molecular formula is C59H56N3O15+3. The predicted octanol–water partition coefficient (Wildman–Crippen LogP) is 7.81. The van der Waals surface area contributed by atoms with Crippen molar-refractivity contribution in [3.63, 3.8) is 0 Å². The molecule has 0 bridgehead atoms. The Hall–Kier alpha value is -8.78. The fourth-order valence-corrected chi connectivity index (χ4v) is 10.7. The third-order valence-corrected chi connectivity index (χ3v) is 14.9. The molecule has 0 aliphatic carbocycles. The highest BCUT2D eigenvalue weighted by atomic mass is 16.3. The van der Waals surface area contributed by atoms with Crippen LogP contribution in [-0.4, -0.2) is 108 Å². The number of aliphatic hydroxyl groups excluding tert-OH is 5. The van der Waals surface area contributed by atoms with Gasteiger partial charge in [-0.25, -0.2) is 0 Å². The number of hydrogen-bond acceptors (Lipinski definition) is 15. The Morgan fingerprint density at radius 2 is 1.06 bits per heavy atom. The average Bonchev–Trinajstić information content (AvgIpc) is 4.39. The molecule has 7 aromatic heterocycles. The summed E-state index contributed by atoms with van der Waals surface area (Å²) in [5, 5.41) is 61.7. The largest absolute Gasteiger partial charge is 0.503 e. The summed E-state index contributed by atoms with van der Waals surface area (Å²) in [6.45, 7) is 1.02. The van der Waals surface area contributed by atoms with Crippen LogP contribution in [0.25, 0.3) is 16.7 Å². The van der Waals surface area contributed by atoms with E-state index >= 15 is 0 Å². The molecule has 0 saturated heterocycles. The van der Waals surface area contributed by atoms with Gasteiger partial charge in [0.25, 0.3) is 5.69 Å². The van der Waals surface area contributed by atoms with Gasteiger partial charge in [-0.05, 0) is 91.9 Å². The third kappa shape index (κ3) is 9.87. The van der Waals surface area contributed by atoms with E-state index in [4.69, 9.17) is 26.5 Å². The van der Waals surface area contributed by atoms with Crippen molar-refractivity contribution >= 4 is 34.1 Å². The maximum absolute atomic E-state index is 12.9. The number of hydrogen-bond donors (Lipinski definition) is 6. The van der Waals surface area contributed by atoms with Crippen LogP contribution < -0.4 is 4.57 Å². The van der Waals surface area contributed by atoms with Crippen molar-refractivity contribution in [1.82, 2.24) is 0 Å². The molecule has 12 heterocycles. The molecule has 0 aromatic carbocycles. The second kappa shape index (κ2) is 21.5. The molecule has 0 radical (unpaired) electrons. The van der Waals surface area contributed by atoms with Crippen molar-refractivity contribution < 1.29 is 85.1 Å². The van der Waals surface area contributed by atoms with Crippen LogP contribution in [0.4, 0.5) is 0 Å². The smallest absolute Gasteiger partial charge is 0.254 e. The van der Waals surface area contributed by atoms with Gasteiger partial charge < -0.3 is 57.1 Å². The lowest BCUT2D eigenvalue weighted by Gasteiger charge is -2.47. The fraction of sp³-hybridized carbons (Fsp3) is 0.220. The lowest BCUT2D eigenvalue weighted by atomic mass is 9.86. The Kier molecular flexibility index (Phi) is 14.4. The molecule has 6 N–H and O–H groups in total. The van der Waals surface area contributed by atoms with Crippen LogP contribution in [0.2, 0.25) is 0 Å². The van der Waals surface area contributed by atoms with Gasteiger partial charge in [-0.2, -0.15) is 4.57 Å². The summed E-state index contributed by atoms with van der Waals surface area (Å²) < 4.78 is 33.8. The molecule has 0 spiro atoms. The molecule has 0 amide bonds. The van der Waals surface area contributed by atoms with Crippen molar-refractivity contribution in [2.24, 2.45) is 0 Å². The Labute approximate surface area is 440 Å². The van der Waals surface area contributed by atoms with Crippen LogP contribution in [0.1, 0.15) is 63.6 Å². The van der Waals surface area contributed by atoms with Crippen molar-refractivity contribution in [3.8, 4) is 5.75 Å². The van der Waals surface area contributed by atoms with Crippen LogP contribution in [0.3, 0.4) is 0 Å². The van der Waals surface area contributed by atoms with E-state index in [0.717, 1.165) is 11.3 Å². The van der Waals surface area contributed by atoms with Gasteiger partial charge in [-0.15, -0.1) is 0 Å². The number of aromatic nitrogens is 1. The Morgan fingerprint density at radius 1 is 0.571 bits per heavy atom. The standard InChI is InChI=1S/C20H19NO6.C20H19NO4.C19H15NO5/c22-11-17-15(20-4-2-6-27-20)9-18(24)16-8-13(7-14-3-1-5-26-14)19(25)10-21(16,17)12-23;1-13-16(20-6-4-8-25-20)11-18(22)17-10-14(9-15-5-3-7-24-15)19(23)12-21(13,17)2;21-11-16-14(19-4-2-6-25-19)9-17(22)15-8-12(18(23)10-20(15)16)7-13-3-1-5-24-13/h1-6,8-10,16-17,22-23H,7,11-12H2;3-8,10-13,17H,9H2,1-2H3;1-6,8-10,16,21H,7,11H2/p+3. The number of allylic oxidation sites excluding steroid dienone is 3. The van der Waals surface area contributed by atoms with Gasteiger partial charge in [0.05, 0.1) is 61.3 Å². The van der Waals surface area contributed by atoms with Crippen LogP contribution in [0.15, 0.2) is 215 Å². The number of rotatable bonds is 12. The van der Waals surface area contributed by atoms with Gasteiger partial charge in [0.15, 0.2) is 36.1 Å². The summed E-state index contributed by atoms with van der Waals surface area (Å²) in [6, 6.07) is 20.6. The molecule has 7 atom stereocenters. The van der Waals surface area contributed by atoms with Gasteiger partial charge in [0, 0.05) is 60.3 Å². The van der Waals surface area contributed by atoms with Gasteiger partial charge >= 0.3 is 0 Å². The molecule has 0 saturated carbocycles. The number of furan rings is 6. The SMILES string of the molecule is CC1C(c2ccco2)=CC(=O)C2C=C(Cc3ccco3)C(O)=C[N+]12C.O=C1C=C(c2ccco2)C(CO)[N+]2(CO)C=C(O)C(Cc3ccco3)=CC12.O=C1C=C(c2ccco2)C(CO)[n+]2cc(O)c(Cc3ccco3)cc21. The highest BCUT2D eigenvalue weighted by Gasteiger charge is 2.53. The zero-order valence-corrected chi connectivity index (χ0v) is 41.9. The normalized spacial score (nSPS) is 24.5. The minimum atomic E-state index is -0.758. The molecular weight excluding hydrogens is 991 g/mol. The molecule has 5 aliphatic rings. The molecule has 18 heteroatoms. The van der Waals surface area contributed by atoms with Crippen molar-refractivity contribution in [2.45, 2.75) is 56.4 Å². The first-order chi connectivity index (χ1) is 37.2. The summed E-state index contributed by atoms with van der Waals surface area (Å²) in [6.07, 6.45) is 23.3. The first-order valence-corrected chi connectivity index (χ1v) is 24.8. The number of fused-ring (bicyclic) bond motifs is 3. The zero-order valence-electron chi connectivity index (χ0n) is 41.9. The van der Waals surface area contributed by atoms with Crippen LogP contribution in [0.5, 0.6) is 5.75 Å². The van der Waals surface area contributed by atoms with E-state index in [2.05, 4.69) is 0 Å². The molecule has 5 aliphatic heterocycles. The van der Waals surface area contributed by atoms with Gasteiger partial charge in [0.1, 0.15) is 72.3 Å². The lowest BCUT2D eigenvalue weighted by Crippen LogP contribution is -2.65. The van der Waals surface area contributed by atoms with Crippen LogP contribution in [-0.2, 0) is 28.9 Å². The molecule has 0 fully saturated rings. The van der Waals surface area contributed by atoms with Crippen LogP contribution >= 0.6 is 0 Å². The van der Waals surface area contributed by atoms with Crippen molar-refractivity contribution in [2.75, 3.05) is 27.0 Å². The predicted molar refractivity (Wildman–Crippen MR) is 274 cm³/mol. The van der Waals surface area contributed by atoms with Gasteiger partial charge in [-0.3, -0.25) is 23.3 Å². The maximum atomic E-state index is 12.9. The average molecular weight is 1050 g/mol. The van der Waals surface area contributed by atoms with E-state index < -0.39 is 24.9 Å². The summed E-state index contributed by atoms with van der Waals surface area (Å²) in [4.78, 5) is 38.3. The summed E-state index contributed by atoms with van der Waals surface area (Å²) in [5.41, 5.74) is 4.15. The third-order valence-electron chi connectivity index (χ3n) is 14.9. The molecule has 12 rings (SSSR count). The minimum absolute atomic E-state index is 0.00712. The van der Waals surface area contributed by atoms with E-state index in [1.54, 1.807) is 103 Å². The topological polar surface area (TPSA) is 255 Å². The van der Waals surface area contributed by atoms with E-state index in [0.29, 0.717) is 86.1 Å². The number of nitrogens with zero attached hydrogens (tertiary/aromatic N) is 3. The molecule has 18 nitrogen and oxygen atoms in total. The zero-order chi connectivity index (χ0) is 54.0. The maximum Gasteiger partial charge on any atom is 0.254 e. The van der Waals surface area contributed by atoms with E-state index in [1.807, 2.05) is 44.3 Å². The fourth-order valence-electron chi connectivity index (χ4n) is 10.7. The Balaban J connectivity index is 0.000000131. The van der Waals surface area contributed by atoms with E-state index in [1.165, 1.54) is 37.1 Å². The highest BCUT2D eigenvalue weighted by Crippen LogP contribution is 2.42. The molecule has 77 heavy (non-hydrogen) atoms. The monoisotopic (exact) mass is 1050 g/mol. The summed E-state index contributed by atoms with van der Waals surface area (Å²) >= 11 is 0. The van der Waals surface area contributed by atoms with E-state index in [-0.39, 0.29) is 64.4 Å². The minimum Gasteiger partial charge on any atom is -0.503 e. The second-order valence-electron chi connectivity index (χ2n) is 19.4. The lowest BCUT2D eigenvalue weighted by molar-refractivity contribution is -0.925.